The van der Waals surface area contributed by atoms with Crippen molar-refractivity contribution in [3.05, 3.63) is 44.3 Å². The Bertz CT molecular complexity index is 642. The van der Waals surface area contributed by atoms with Crippen molar-refractivity contribution < 1.29 is 9.53 Å². The summed E-state index contributed by atoms with van der Waals surface area (Å²) in [4.78, 5) is 19.7. The fourth-order valence-corrected chi connectivity index (χ4v) is 3.35. The summed E-state index contributed by atoms with van der Waals surface area (Å²) in [6, 6.07) is 5.38. The predicted octanol–water partition coefficient (Wildman–Crippen LogP) is 3.54. The number of halogens is 1. The first-order chi connectivity index (χ1) is 10.0. The highest BCUT2D eigenvalue weighted by atomic mass is 79.9. The molecule has 0 atom stereocenters. The molecule has 0 radical (unpaired) electrons. The van der Waals surface area contributed by atoms with Gasteiger partial charge < -0.3 is 4.74 Å². The van der Waals surface area contributed by atoms with E-state index in [1.54, 1.807) is 36.6 Å². The van der Waals surface area contributed by atoms with Crippen LogP contribution in [0.2, 0.25) is 0 Å². The number of carbonyl (C=O) groups excluding carboxylic acids is 1. The summed E-state index contributed by atoms with van der Waals surface area (Å²) in [5.74, 6) is 0.809. The highest BCUT2D eigenvalue weighted by molar-refractivity contribution is 9.10. The number of carbonyl (C=O) groups is 1. The van der Waals surface area contributed by atoms with Crippen molar-refractivity contribution in [2.75, 3.05) is 20.7 Å². The Balaban J connectivity index is 2.00. The number of nitrogens with zero attached hydrogens (tertiary/aromatic N) is 2. The minimum atomic E-state index is 0.0861. The number of likely N-dealkylation sites (N-methyl/N-ethyl adjacent to an activating group) is 1. The highest BCUT2D eigenvalue weighted by Gasteiger charge is 2.13. The molecule has 112 valence electrons. The van der Waals surface area contributed by atoms with Gasteiger partial charge in [0.1, 0.15) is 5.75 Å². The second-order valence-electron chi connectivity index (χ2n) is 4.81. The minimum Gasteiger partial charge on any atom is -0.496 e. The Labute approximate surface area is 136 Å². The molecule has 2 rings (SSSR count). The summed E-state index contributed by atoms with van der Waals surface area (Å²) >= 11 is 5.02. The van der Waals surface area contributed by atoms with E-state index in [0.717, 1.165) is 22.5 Å². The lowest BCUT2D eigenvalue weighted by molar-refractivity contribution is 0.0943. The molecule has 4 nitrogen and oxygen atoms in total. The van der Waals surface area contributed by atoms with Gasteiger partial charge in [0.2, 0.25) is 0 Å². The summed E-state index contributed by atoms with van der Waals surface area (Å²) in [5.41, 5.74) is 3.54. The first-order valence-electron chi connectivity index (χ1n) is 6.45. The van der Waals surface area contributed by atoms with Gasteiger partial charge in [-0.15, -0.1) is 11.3 Å². The van der Waals surface area contributed by atoms with Crippen LogP contribution in [-0.2, 0) is 6.54 Å². The average molecular weight is 369 g/mol. The Hall–Kier alpha value is -1.24. The lowest BCUT2D eigenvalue weighted by Crippen LogP contribution is -2.25. The maximum absolute atomic E-state index is 12.3. The van der Waals surface area contributed by atoms with E-state index in [0.29, 0.717) is 12.1 Å². The van der Waals surface area contributed by atoms with E-state index in [1.807, 2.05) is 24.4 Å². The number of hydrogen-bond donors (Lipinski definition) is 0. The van der Waals surface area contributed by atoms with Crippen molar-refractivity contribution in [1.82, 2.24) is 9.88 Å². The van der Waals surface area contributed by atoms with E-state index in [-0.39, 0.29) is 5.78 Å². The SMILES string of the molecule is COc1ccc(C(=O)CN(C)Cc2scnc2C)cc1Br. The third-order valence-electron chi connectivity index (χ3n) is 3.15. The van der Waals surface area contributed by atoms with Crippen LogP contribution in [0, 0.1) is 6.92 Å². The summed E-state index contributed by atoms with van der Waals surface area (Å²) in [6.45, 7) is 3.09. The first-order valence-corrected chi connectivity index (χ1v) is 8.12. The van der Waals surface area contributed by atoms with E-state index >= 15 is 0 Å². The van der Waals surface area contributed by atoms with Crippen LogP contribution in [0.5, 0.6) is 5.75 Å². The van der Waals surface area contributed by atoms with Gasteiger partial charge in [0, 0.05) is 17.0 Å². The first kappa shape index (κ1) is 16.1. The van der Waals surface area contributed by atoms with Gasteiger partial charge in [-0.3, -0.25) is 9.69 Å². The number of aromatic nitrogens is 1. The molecule has 2 aromatic rings. The van der Waals surface area contributed by atoms with Crippen LogP contribution in [0.4, 0.5) is 0 Å². The van der Waals surface area contributed by atoms with E-state index in [2.05, 4.69) is 20.9 Å². The monoisotopic (exact) mass is 368 g/mol. The Kier molecular flexibility index (Phi) is 5.50. The topological polar surface area (TPSA) is 42.4 Å². The molecule has 0 aliphatic heterocycles. The zero-order valence-corrected chi connectivity index (χ0v) is 14.6. The zero-order chi connectivity index (χ0) is 15.4. The number of methoxy groups -OCH3 is 1. The van der Waals surface area contributed by atoms with Crippen LogP contribution in [0.3, 0.4) is 0 Å². The van der Waals surface area contributed by atoms with Gasteiger partial charge in [-0.2, -0.15) is 0 Å². The second-order valence-corrected chi connectivity index (χ2v) is 6.60. The van der Waals surface area contributed by atoms with Gasteiger partial charge in [-0.1, -0.05) is 0 Å². The van der Waals surface area contributed by atoms with Crippen LogP contribution in [0.1, 0.15) is 20.9 Å². The molecule has 1 heterocycles. The minimum absolute atomic E-state index is 0.0861. The van der Waals surface area contributed by atoms with Crippen molar-refractivity contribution in [2.45, 2.75) is 13.5 Å². The normalized spacial score (nSPS) is 10.9. The summed E-state index contributed by atoms with van der Waals surface area (Å²) in [5, 5.41) is 0. The highest BCUT2D eigenvalue weighted by Crippen LogP contribution is 2.25. The standard InChI is InChI=1S/C15H17BrN2O2S/c1-10-15(21-9-17-10)8-18(2)7-13(19)11-4-5-14(20-3)12(16)6-11/h4-6,9H,7-8H2,1-3H3. The maximum Gasteiger partial charge on any atom is 0.176 e. The van der Waals surface area contributed by atoms with E-state index in [1.165, 1.54) is 4.88 Å². The van der Waals surface area contributed by atoms with Crippen LogP contribution < -0.4 is 4.74 Å². The van der Waals surface area contributed by atoms with Gasteiger partial charge in [-0.25, -0.2) is 4.98 Å². The number of hydrogen-bond acceptors (Lipinski definition) is 5. The molecule has 1 aromatic heterocycles. The molecular formula is C15H17BrN2O2S. The molecule has 0 aliphatic rings. The number of ether oxygens (including phenoxy) is 1. The third kappa shape index (κ3) is 4.12. The maximum atomic E-state index is 12.3. The molecule has 0 spiro atoms. The number of ketones is 1. The molecule has 0 unspecified atom stereocenters. The molecule has 0 bridgehead atoms. The van der Waals surface area contributed by atoms with Gasteiger partial charge in [0.15, 0.2) is 5.78 Å². The summed E-state index contributed by atoms with van der Waals surface area (Å²) < 4.78 is 5.96. The Morgan fingerprint density at radius 1 is 1.48 bits per heavy atom. The second kappa shape index (κ2) is 7.15. The van der Waals surface area contributed by atoms with Gasteiger partial charge in [-0.05, 0) is 48.1 Å². The van der Waals surface area contributed by atoms with Crippen molar-refractivity contribution in [3.63, 3.8) is 0 Å². The molecular weight excluding hydrogens is 352 g/mol. The number of rotatable bonds is 6. The van der Waals surface area contributed by atoms with Crippen LogP contribution in [0.15, 0.2) is 28.2 Å². The van der Waals surface area contributed by atoms with E-state index < -0.39 is 0 Å². The lowest BCUT2D eigenvalue weighted by atomic mass is 10.1. The van der Waals surface area contributed by atoms with Crippen molar-refractivity contribution in [1.29, 1.82) is 0 Å². The molecule has 1 aromatic carbocycles. The largest absolute Gasteiger partial charge is 0.496 e. The van der Waals surface area contributed by atoms with Crippen molar-refractivity contribution in [3.8, 4) is 5.75 Å². The number of aryl methyl sites for hydroxylation is 1. The molecule has 0 saturated carbocycles. The van der Waals surface area contributed by atoms with Crippen molar-refractivity contribution in [2.24, 2.45) is 0 Å². The van der Waals surface area contributed by atoms with Crippen LogP contribution >= 0.6 is 27.3 Å². The smallest absolute Gasteiger partial charge is 0.176 e. The van der Waals surface area contributed by atoms with E-state index in [9.17, 15) is 4.79 Å². The molecule has 0 saturated heterocycles. The van der Waals surface area contributed by atoms with Gasteiger partial charge >= 0.3 is 0 Å². The molecule has 0 amide bonds. The molecule has 0 aliphatic carbocycles. The molecule has 21 heavy (non-hydrogen) atoms. The Morgan fingerprint density at radius 2 is 2.24 bits per heavy atom. The fourth-order valence-electron chi connectivity index (χ4n) is 1.96. The number of Topliss-reactive ketones (excluding diaryl/α,β-unsaturated/α-hetero) is 1. The predicted molar refractivity (Wildman–Crippen MR) is 88.2 cm³/mol. The molecule has 6 heteroatoms. The van der Waals surface area contributed by atoms with Gasteiger partial charge in [0.05, 0.1) is 29.3 Å². The van der Waals surface area contributed by atoms with E-state index in [4.69, 9.17) is 4.74 Å². The quantitative estimate of drug-likeness (QED) is 0.731. The summed E-state index contributed by atoms with van der Waals surface area (Å²) in [6.07, 6.45) is 0. The summed E-state index contributed by atoms with van der Waals surface area (Å²) in [7, 11) is 3.54. The third-order valence-corrected chi connectivity index (χ3v) is 4.69. The van der Waals surface area contributed by atoms with Crippen LogP contribution in [0.25, 0.3) is 0 Å². The van der Waals surface area contributed by atoms with Crippen LogP contribution in [-0.4, -0.2) is 36.4 Å². The van der Waals surface area contributed by atoms with Gasteiger partial charge in [0.25, 0.3) is 0 Å². The fraction of sp³-hybridized carbons (Fsp3) is 0.333. The number of thiazole rings is 1. The lowest BCUT2D eigenvalue weighted by Gasteiger charge is -2.15. The number of benzene rings is 1. The van der Waals surface area contributed by atoms with Crippen molar-refractivity contribution >= 4 is 33.0 Å². The average Bonchev–Trinajstić information content (AvgIpc) is 2.84. The zero-order valence-electron chi connectivity index (χ0n) is 12.2. The molecule has 0 fully saturated rings. The molecule has 0 N–H and O–H groups in total. The Morgan fingerprint density at radius 3 is 2.81 bits per heavy atom.